The molecule has 0 spiro atoms. The molecule has 7 nitrogen and oxygen atoms in total. The van der Waals surface area contributed by atoms with Crippen LogP contribution in [0.1, 0.15) is 48.5 Å². The summed E-state index contributed by atoms with van der Waals surface area (Å²) < 4.78 is 6.15. The Morgan fingerprint density at radius 3 is 2.67 bits per heavy atom. The maximum absolute atomic E-state index is 13.8. The number of benzene rings is 1. The number of carboxylic acids is 1. The second-order valence-electron chi connectivity index (χ2n) is 9.99. The molecule has 1 saturated carbocycles. The van der Waals surface area contributed by atoms with Crippen molar-refractivity contribution in [3.05, 3.63) is 52.6 Å². The molecule has 5 aliphatic rings. The van der Waals surface area contributed by atoms with Crippen molar-refractivity contribution in [3.63, 3.8) is 0 Å². The van der Waals surface area contributed by atoms with Gasteiger partial charge in [0, 0.05) is 23.6 Å². The van der Waals surface area contributed by atoms with Crippen LogP contribution in [-0.4, -0.2) is 46.7 Å². The highest BCUT2D eigenvalue weighted by molar-refractivity contribution is 6.10. The van der Waals surface area contributed by atoms with Crippen LogP contribution in [0, 0.1) is 29.1 Å². The number of hydrogen-bond donors (Lipinski definition) is 1. The second-order valence-corrected chi connectivity index (χ2v) is 9.99. The first-order chi connectivity index (χ1) is 15.8. The van der Waals surface area contributed by atoms with Crippen molar-refractivity contribution in [2.45, 2.75) is 32.6 Å². The number of likely N-dealkylation sites (tertiary alicyclic amines) is 1. The fourth-order valence-corrected chi connectivity index (χ4v) is 7.00. The van der Waals surface area contributed by atoms with Crippen molar-refractivity contribution in [2.24, 2.45) is 29.1 Å². The molecule has 1 aromatic carbocycles. The quantitative estimate of drug-likeness (QED) is 0.565. The highest BCUT2D eigenvalue weighted by Crippen LogP contribution is 2.62. The van der Waals surface area contributed by atoms with Gasteiger partial charge in [-0.15, -0.1) is 0 Å². The molecular formula is C26H25NO6. The number of amides is 2. The average Bonchev–Trinajstić information content (AvgIpc) is 3.06. The Morgan fingerprint density at radius 1 is 1.15 bits per heavy atom. The zero-order valence-electron chi connectivity index (χ0n) is 18.4. The maximum atomic E-state index is 13.8. The first kappa shape index (κ1) is 20.4. The molecule has 2 fully saturated rings. The van der Waals surface area contributed by atoms with Crippen LogP contribution in [0.3, 0.4) is 0 Å². The predicted molar refractivity (Wildman–Crippen MR) is 117 cm³/mol. The molecule has 1 aromatic rings. The van der Waals surface area contributed by atoms with Gasteiger partial charge in [0.25, 0.3) is 0 Å². The lowest BCUT2D eigenvalue weighted by Crippen LogP contribution is -2.49. The van der Waals surface area contributed by atoms with Crippen molar-refractivity contribution in [1.29, 1.82) is 0 Å². The average molecular weight is 447 g/mol. The van der Waals surface area contributed by atoms with Crippen LogP contribution in [0.25, 0.3) is 5.76 Å². The Balaban J connectivity index is 1.45. The first-order valence-electron chi connectivity index (χ1n) is 11.6. The lowest BCUT2D eigenvalue weighted by atomic mass is 9.51. The zero-order chi connectivity index (χ0) is 23.1. The van der Waals surface area contributed by atoms with Gasteiger partial charge < -0.3 is 9.84 Å². The summed E-state index contributed by atoms with van der Waals surface area (Å²) in [4.78, 5) is 52.4. The van der Waals surface area contributed by atoms with Gasteiger partial charge in [-0.25, -0.2) is 0 Å². The molecule has 0 unspecified atom stereocenters. The van der Waals surface area contributed by atoms with Crippen LogP contribution in [0.15, 0.2) is 41.5 Å². The van der Waals surface area contributed by atoms with Crippen LogP contribution >= 0.6 is 0 Å². The third kappa shape index (κ3) is 2.62. The third-order valence-corrected chi connectivity index (χ3v) is 8.37. The summed E-state index contributed by atoms with van der Waals surface area (Å²) in [6, 6.07) is 7.55. The van der Waals surface area contributed by atoms with Crippen molar-refractivity contribution in [3.8, 4) is 0 Å². The van der Waals surface area contributed by atoms with E-state index < -0.39 is 23.2 Å². The SMILES string of the molecule is C[C@]12C[C@H]3C(=CC[C@H]4C(=O)N(CCC(=O)O)C(=O)[C@H]43)[C@H]3CCOC(=C31)c1ccccc1C2=O. The molecule has 0 radical (unpaired) electrons. The number of imide groups is 1. The Kier molecular flexibility index (Phi) is 4.26. The lowest BCUT2D eigenvalue weighted by molar-refractivity contribution is -0.142. The highest BCUT2D eigenvalue weighted by atomic mass is 16.5. The summed E-state index contributed by atoms with van der Waals surface area (Å²) in [5, 5.41) is 9.05. The topological polar surface area (TPSA) is 101 Å². The molecule has 7 heteroatoms. The normalized spacial score (nSPS) is 34.2. The van der Waals surface area contributed by atoms with Gasteiger partial charge in [0.15, 0.2) is 5.78 Å². The number of aliphatic carboxylic acids is 1. The number of hydrogen-bond acceptors (Lipinski definition) is 5. The molecule has 1 N–H and O–H groups in total. The van der Waals surface area contributed by atoms with Gasteiger partial charge in [-0.2, -0.15) is 0 Å². The number of allylic oxidation sites excluding steroid dienone is 3. The van der Waals surface area contributed by atoms with E-state index in [0.29, 0.717) is 25.0 Å². The Bertz CT molecular complexity index is 1190. The third-order valence-electron chi connectivity index (χ3n) is 8.37. The molecule has 6 rings (SSSR count). The van der Waals surface area contributed by atoms with E-state index >= 15 is 0 Å². The van der Waals surface area contributed by atoms with E-state index in [2.05, 4.69) is 6.08 Å². The molecule has 1 saturated heterocycles. The van der Waals surface area contributed by atoms with Gasteiger partial charge in [-0.3, -0.25) is 24.1 Å². The number of ketones is 1. The van der Waals surface area contributed by atoms with E-state index in [9.17, 15) is 19.2 Å². The van der Waals surface area contributed by atoms with Crippen LogP contribution in [0.2, 0.25) is 0 Å². The second kappa shape index (κ2) is 6.89. The number of carbonyl (C=O) groups is 4. The zero-order valence-corrected chi connectivity index (χ0v) is 18.4. The number of Topliss-reactive ketones (excluding diaryl/α,β-unsaturated/α-hetero) is 1. The van der Waals surface area contributed by atoms with E-state index in [4.69, 9.17) is 9.84 Å². The van der Waals surface area contributed by atoms with Crippen LogP contribution in [0.5, 0.6) is 0 Å². The Morgan fingerprint density at radius 2 is 1.91 bits per heavy atom. The number of carbonyl (C=O) groups excluding carboxylic acids is 3. The van der Waals surface area contributed by atoms with Crippen molar-refractivity contribution in [2.75, 3.05) is 13.2 Å². The standard InChI is InChI=1S/C26H25NO6/c1-26-12-18-13(6-7-17-20(18)25(32)27(24(17)31)10-8-19(28)29)14-9-11-33-22(21(14)26)15-4-2-3-5-16(15)23(26)30/h2-6,14,17-18,20H,7-12H2,1H3,(H,28,29)/t14-,17-,18+,20-,26+/m1/s1. The fourth-order valence-electron chi connectivity index (χ4n) is 7.00. The summed E-state index contributed by atoms with van der Waals surface area (Å²) in [6.07, 6.45) is 3.53. The molecule has 2 aliphatic heterocycles. The van der Waals surface area contributed by atoms with Gasteiger partial charge in [-0.1, -0.05) is 35.9 Å². The largest absolute Gasteiger partial charge is 0.493 e. The first-order valence-corrected chi connectivity index (χ1v) is 11.6. The molecule has 0 aromatic heterocycles. The summed E-state index contributed by atoms with van der Waals surface area (Å²) in [6.45, 7) is 2.40. The minimum atomic E-state index is -1.04. The van der Waals surface area contributed by atoms with Gasteiger partial charge in [0.2, 0.25) is 11.8 Å². The molecule has 5 atom stereocenters. The number of nitrogens with zero attached hydrogens (tertiary/aromatic N) is 1. The van der Waals surface area contributed by atoms with Crippen molar-refractivity contribution < 1.29 is 29.0 Å². The molecule has 2 amide bonds. The summed E-state index contributed by atoms with van der Waals surface area (Å²) >= 11 is 0. The van der Waals surface area contributed by atoms with E-state index in [0.717, 1.165) is 33.8 Å². The fraction of sp³-hybridized carbons (Fsp3) is 0.462. The monoisotopic (exact) mass is 447 g/mol. The molecule has 2 heterocycles. The van der Waals surface area contributed by atoms with Crippen molar-refractivity contribution in [1.82, 2.24) is 4.90 Å². The van der Waals surface area contributed by atoms with Gasteiger partial charge >= 0.3 is 5.97 Å². The molecule has 33 heavy (non-hydrogen) atoms. The molecule has 0 bridgehead atoms. The Hall–Kier alpha value is -3.22. The van der Waals surface area contributed by atoms with Crippen LogP contribution < -0.4 is 0 Å². The van der Waals surface area contributed by atoms with Gasteiger partial charge in [-0.05, 0) is 37.7 Å². The molecule has 3 aliphatic carbocycles. The smallest absolute Gasteiger partial charge is 0.305 e. The summed E-state index contributed by atoms with van der Waals surface area (Å²) in [5.41, 5.74) is 2.88. The highest BCUT2D eigenvalue weighted by Gasteiger charge is 2.61. The lowest BCUT2D eigenvalue weighted by Gasteiger charge is -2.52. The van der Waals surface area contributed by atoms with Crippen LogP contribution in [-0.2, 0) is 19.1 Å². The number of carboxylic acid groups (broad SMARTS) is 1. The maximum Gasteiger partial charge on any atom is 0.305 e. The summed E-state index contributed by atoms with van der Waals surface area (Å²) in [5.74, 6) is -1.93. The van der Waals surface area contributed by atoms with E-state index in [-0.39, 0.29) is 42.4 Å². The molecule has 170 valence electrons. The van der Waals surface area contributed by atoms with E-state index in [1.54, 1.807) is 0 Å². The minimum absolute atomic E-state index is 0.0201. The number of ether oxygens (including phenoxy) is 1. The van der Waals surface area contributed by atoms with E-state index in [1.807, 2.05) is 31.2 Å². The molecular weight excluding hydrogens is 422 g/mol. The van der Waals surface area contributed by atoms with Gasteiger partial charge in [0.1, 0.15) is 5.76 Å². The predicted octanol–water partition coefficient (Wildman–Crippen LogP) is 3.06. The van der Waals surface area contributed by atoms with Crippen molar-refractivity contribution >= 4 is 29.3 Å². The Labute approximate surface area is 191 Å². The van der Waals surface area contributed by atoms with E-state index in [1.165, 1.54) is 0 Å². The summed E-state index contributed by atoms with van der Waals surface area (Å²) in [7, 11) is 0. The van der Waals surface area contributed by atoms with Gasteiger partial charge in [0.05, 0.1) is 30.3 Å². The van der Waals surface area contributed by atoms with Crippen LogP contribution in [0.4, 0.5) is 0 Å². The minimum Gasteiger partial charge on any atom is -0.493 e. The number of rotatable bonds is 3. The number of fused-ring (bicyclic) bond motifs is 6.